The maximum atomic E-state index is 12.6. The van der Waals surface area contributed by atoms with Crippen LogP contribution in [0.5, 0.6) is 0 Å². The van der Waals surface area contributed by atoms with Gasteiger partial charge in [-0.2, -0.15) is 0 Å². The molecular weight excluding hydrogens is 354 g/mol. The van der Waals surface area contributed by atoms with Crippen molar-refractivity contribution in [3.8, 4) is 0 Å². The third-order valence-corrected chi connectivity index (χ3v) is 4.82. The van der Waals surface area contributed by atoms with Gasteiger partial charge in [0, 0.05) is 37.0 Å². The number of nitrogens with zero attached hydrogens (tertiary/aromatic N) is 1. The second-order valence-corrected chi connectivity index (χ2v) is 7.40. The lowest BCUT2D eigenvalue weighted by molar-refractivity contribution is -0.122. The van der Waals surface area contributed by atoms with Crippen LogP contribution in [-0.2, 0) is 14.4 Å². The Hall–Kier alpha value is -3.15. The van der Waals surface area contributed by atoms with Crippen molar-refractivity contribution >= 4 is 34.8 Å². The molecule has 0 bridgehead atoms. The highest BCUT2D eigenvalue weighted by atomic mass is 16.2. The minimum absolute atomic E-state index is 0.102. The first-order valence-corrected chi connectivity index (χ1v) is 9.42. The van der Waals surface area contributed by atoms with E-state index in [4.69, 9.17) is 0 Å². The molecule has 0 saturated carbocycles. The Balaban J connectivity index is 1.66. The van der Waals surface area contributed by atoms with E-state index in [1.165, 1.54) is 12.5 Å². The number of rotatable bonds is 5. The molecule has 1 aliphatic heterocycles. The fraction of sp³-hybridized carbons (Fsp3) is 0.318. The summed E-state index contributed by atoms with van der Waals surface area (Å²) >= 11 is 0. The minimum Gasteiger partial charge on any atom is -0.326 e. The number of nitrogens with one attached hydrogen (secondary N) is 2. The van der Waals surface area contributed by atoms with Gasteiger partial charge in [-0.25, -0.2) is 0 Å². The normalized spacial score (nSPS) is 16.4. The average molecular weight is 379 g/mol. The first kappa shape index (κ1) is 19.6. The van der Waals surface area contributed by atoms with Gasteiger partial charge in [-0.15, -0.1) is 0 Å². The van der Waals surface area contributed by atoms with Crippen molar-refractivity contribution < 1.29 is 14.4 Å². The van der Waals surface area contributed by atoms with Gasteiger partial charge in [0.1, 0.15) is 0 Å². The van der Waals surface area contributed by atoms with Gasteiger partial charge < -0.3 is 15.5 Å². The molecule has 6 nitrogen and oxygen atoms in total. The maximum Gasteiger partial charge on any atom is 0.229 e. The van der Waals surface area contributed by atoms with Crippen LogP contribution in [0.2, 0.25) is 0 Å². The Morgan fingerprint density at radius 1 is 1.04 bits per heavy atom. The average Bonchev–Trinajstić information content (AvgIpc) is 3.04. The summed E-state index contributed by atoms with van der Waals surface area (Å²) in [5, 5.41) is 5.61. The van der Waals surface area contributed by atoms with E-state index in [9.17, 15) is 14.4 Å². The lowest BCUT2D eigenvalue weighted by atomic mass is 10.0. The molecule has 0 radical (unpaired) electrons. The quantitative estimate of drug-likeness (QED) is 0.830. The molecular formula is C22H25N3O3. The van der Waals surface area contributed by atoms with E-state index < -0.39 is 5.92 Å². The fourth-order valence-electron chi connectivity index (χ4n) is 3.28. The molecule has 2 aromatic rings. The lowest BCUT2D eigenvalue weighted by Crippen LogP contribution is -2.28. The zero-order valence-corrected chi connectivity index (χ0v) is 16.4. The summed E-state index contributed by atoms with van der Waals surface area (Å²) in [6.45, 7) is 5.99. The second-order valence-electron chi connectivity index (χ2n) is 7.40. The smallest absolute Gasteiger partial charge is 0.229 e. The maximum absolute atomic E-state index is 12.6. The molecule has 28 heavy (non-hydrogen) atoms. The highest BCUT2D eigenvalue weighted by Crippen LogP contribution is 2.28. The summed E-state index contributed by atoms with van der Waals surface area (Å²) in [6.07, 6.45) is 0.167. The molecule has 0 spiro atoms. The summed E-state index contributed by atoms with van der Waals surface area (Å²) in [4.78, 5) is 37.9. The van der Waals surface area contributed by atoms with Gasteiger partial charge in [-0.1, -0.05) is 32.0 Å². The van der Waals surface area contributed by atoms with Crippen LogP contribution in [0.3, 0.4) is 0 Å². The molecule has 1 unspecified atom stereocenters. The Labute approximate surface area is 164 Å². The molecule has 2 aromatic carbocycles. The SMILES string of the molecule is CC(=O)Nc1cccc(N2CC(C(=O)Nc3ccc(C(C)C)cc3)CC2=O)c1. The third kappa shape index (κ3) is 4.57. The number of hydrogen-bond acceptors (Lipinski definition) is 3. The molecule has 0 aromatic heterocycles. The van der Waals surface area contributed by atoms with E-state index in [-0.39, 0.29) is 24.1 Å². The Morgan fingerprint density at radius 2 is 1.75 bits per heavy atom. The van der Waals surface area contributed by atoms with Crippen LogP contribution >= 0.6 is 0 Å². The molecule has 0 aliphatic carbocycles. The summed E-state index contributed by atoms with van der Waals surface area (Å²) < 4.78 is 0. The Bertz CT molecular complexity index is 890. The molecule has 3 rings (SSSR count). The molecule has 146 valence electrons. The number of carbonyl (C=O) groups is 3. The van der Waals surface area contributed by atoms with Crippen LogP contribution in [0, 0.1) is 5.92 Å². The fourth-order valence-corrected chi connectivity index (χ4v) is 3.28. The predicted molar refractivity (Wildman–Crippen MR) is 110 cm³/mol. The largest absolute Gasteiger partial charge is 0.326 e. The van der Waals surface area contributed by atoms with Gasteiger partial charge in [0.15, 0.2) is 0 Å². The topological polar surface area (TPSA) is 78.5 Å². The Kier molecular flexibility index (Phi) is 5.78. The van der Waals surface area contributed by atoms with E-state index in [0.29, 0.717) is 23.8 Å². The third-order valence-electron chi connectivity index (χ3n) is 4.82. The molecule has 1 saturated heterocycles. The Morgan fingerprint density at radius 3 is 2.39 bits per heavy atom. The number of hydrogen-bond donors (Lipinski definition) is 2. The molecule has 2 N–H and O–H groups in total. The van der Waals surface area contributed by atoms with Crippen molar-refractivity contribution in [2.24, 2.45) is 5.92 Å². The second kappa shape index (κ2) is 8.25. The minimum atomic E-state index is -0.415. The van der Waals surface area contributed by atoms with E-state index in [0.717, 1.165) is 5.69 Å². The van der Waals surface area contributed by atoms with Gasteiger partial charge in [0.2, 0.25) is 17.7 Å². The van der Waals surface area contributed by atoms with E-state index in [1.54, 1.807) is 29.2 Å². The highest BCUT2D eigenvalue weighted by molar-refractivity contribution is 6.04. The van der Waals surface area contributed by atoms with Crippen LogP contribution < -0.4 is 15.5 Å². The van der Waals surface area contributed by atoms with E-state index in [1.807, 2.05) is 24.3 Å². The van der Waals surface area contributed by atoms with Crippen LogP contribution in [0.15, 0.2) is 48.5 Å². The number of anilines is 3. The van der Waals surface area contributed by atoms with Crippen LogP contribution in [0.25, 0.3) is 0 Å². The first-order chi connectivity index (χ1) is 13.3. The van der Waals surface area contributed by atoms with Gasteiger partial charge in [-0.3, -0.25) is 14.4 Å². The molecule has 6 heteroatoms. The summed E-state index contributed by atoms with van der Waals surface area (Å²) in [7, 11) is 0. The zero-order valence-electron chi connectivity index (χ0n) is 16.4. The van der Waals surface area contributed by atoms with Crippen molar-refractivity contribution in [2.45, 2.75) is 33.1 Å². The van der Waals surface area contributed by atoms with Gasteiger partial charge in [-0.05, 0) is 41.8 Å². The van der Waals surface area contributed by atoms with Gasteiger partial charge in [0.05, 0.1) is 5.92 Å². The van der Waals surface area contributed by atoms with Gasteiger partial charge in [0.25, 0.3) is 0 Å². The van der Waals surface area contributed by atoms with E-state index in [2.05, 4.69) is 24.5 Å². The monoisotopic (exact) mass is 379 g/mol. The van der Waals surface area contributed by atoms with E-state index >= 15 is 0 Å². The van der Waals surface area contributed by atoms with Gasteiger partial charge >= 0.3 is 0 Å². The lowest BCUT2D eigenvalue weighted by Gasteiger charge is -2.18. The summed E-state index contributed by atoms with van der Waals surface area (Å²) in [6, 6.07) is 14.9. The van der Waals surface area contributed by atoms with Crippen LogP contribution in [0.1, 0.15) is 38.7 Å². The molecule has 1 fully saturated rings. The zero-order chi connectivity index (χ0) is 20.3. The van der Waals surface area contributed by atoms with Crippen molar-refractivity contribution in [1.29, 1.82) is 0 Å². The van der Waals surface area contributed by atoms with Crippen molar-refractivity contribution in [1.82, 2.24) is 0 Å². The van der Waals surface area contributed by atoms with Crippen molar-refractivity contribution in [3.63, 3.8) is 0 Å². The number of carbonyl (C=O) groups excluding carboxylic acids is 3. The molecule has 3 amide bonds. The summed E-state index contributed by atoms with van der Waals surface area (Å²) in [5.74, 6) is -0.423. The van der Waals surface area contributed by atoms with Crippen molar-refractivity contribution in [2.75, 3.05) is 22.1 Å². The highest BCUT2D eigenvalue weighted by Gasteiger charge is 2.35. The molecule has 1 aliphatic rings. The summed E-state index contributed by atoms with van der Waals surface area (Å²) in [5.41, 5.74) is 3.23. The predicted octanol–water partition coefficient (Wildman–Crippen LogP) is 3.76. The van der Waals surface area contributed by atoms with Crippen LogP contribution in [-0.4, -0.2) is 24.3 Å². The standard InChI is InChI=1S/C22H25N3O3/c1-14(2)16-7-9-18(10-8-16)24-22(28)17-11-21(27)25(13-17)20-6-4-5-19(12-20)23-15(3)26/h4-10,12,14,17H,11,13H2,1-3H3,(H,23,26)(H,24,28). The molecule has 1 heterocycles. The number of benzene rings is 2. The molecule has 1 atom stereocenters. The van der Waals surface area contributed by atoms with Crippen molar-refractivity contribution in [3.05, 3.63) is 54.1 Å². The van der Waals surface area contributed by atoms with Crippen LogP contribution in [0.4, 0.5) is 17.1 Å². The number of amides is 3. The first-order valence-electron chi connectivity index (χ1n) is 9.42.